The summed E-state index contributed by atoms with van der Waals surface area (Å²) in [5, 5.41) is 3.01. The van der Waals surface area contributed by atoms with E-state index in [1.54, 1.807) is 37.6 Å². The van der Waals surface area contributed by atoms with Gasteiger partial charge in [0.05, 0.1) is 33.6 Å². The Bertz CT molecular complexity index is 1300. The van der Waals surface area contributed by atoms with Gasteiger partial charge in [0, 0.05) is 22.3 Å². The van der Waals surface area contributed by atoms with E-state index in [1.807, 2.05) is 47.4 Å². The van der Waals surface area contributed by atoms with Crippen LogP contribution in [0.2, 0.25) is 0 Å². The molecule has 220 valence electrons. The van der Waals surface area contributed by atoms with Crippen LogP contribution in [0.3, 0.4) is 0 Å². The van der Waals surface area contributed by atoms with Crippen molar-refractivity contribution in [3.05, 3.63) is 69.9 Å². The van der Waals surface area contributed by atoms with Crippen molar-refractivity contribution < 1.29 is 23.8 Å². The molecule has 2 aromatic carbocycles. The number of methoxy groups -OCH3 is 3. The number of anilines is 1. The third-order valence-electron chi connectivity index (χ3n) is 7.54. The molecule has 0 radical (unpaired) electrons. The summed E-state index contributed by atoms with van der Waals surface area (Å²) in [6.45, 7) is 3.09. The van der Waals surface area contributed by atoms with Gasteiger partial charge in [0.15, 0.2) is 11.5 Å². The zero-order valence-electron chi connectivity index (χ0n) is 24.5. The molecule has 1 heterocycles. The molecule has 9 heteroatoms. The average Bonchev–Trinajstić information content (AvgIpc) is 3.42. The molecule has 0 unspecified atom stereocenters. The van der Waals surface area contributed by atoms with E-state index in [4.69, 9.17) is 14.2 Å². The lowest BCUT2D eigenvalue weighted by molar-refractivity contribution is -0.132. The van der Waals surface area contributed by atoms with Crippen LogP contribution >= 0.6 is 11.3 Å². The van der Waals surface area contributed by atoms with Crippen LogP contribution in [0.5, 0.6) is 17.2 Å². The van der Waals surface area contributed by atoms with Gasteiger partial charge < -0.3 is 29.3 Å². The number of carbonyl (C=O) groups excluding carboxylic acids is 2. The molecule has 1 aromatic heterocycles. The number of amides is 3. The SMILES string of the molecule is COc1ccccc1NC(=O)N(CC(=O)N(CCc1ccc(OC)c(OC)c1)Cc1ccc(C)s1)C1CCCCC1. The van der Waals surface area contributed by atoms with E-state index in [0.29, 0.717) is 42.4 Å². The summed E-state index contributed by atoms with van der Waals surface area (Å²) < 4.78 is 16.3. The number of carbonyl (C=O) groups is 2. The van der Waals surface area contributed by atoms with Gasteiger partial charge in [0.2, 0.25) is 5.91 Å². The van der Waals surface area contributed by atoms with Crippen molar-refractivity contribution in [1.29, 1.82) is 0 Å². The molecule has 1 aliphatic rings. The number of ether oxygens (including phenoxy) is 3. The van der Waals surface area contributed by atoms with Crippen molar-refractivity contribution in [3.8, 4) is 17.2 Å². The van der Waals surface area contributed by atoms with Gasteiger partial charge >= 0.3 is 6.03 Å². The highest BCUT2D eigenvalue weighted by Gasteiger charge is 2.30. The Kier molecular flexibility index (Phi) is 10.9. The van der Waals surface area contributed by atoms with Crippen molar-refractivity contribution in [1.82, 2.24) is 9.80 Å². The number of benzene rings is 2. The lowest BCUT2D eigenvalue weighted by atomic mass is 9.94. The second-order valence-electron chi connectivity index (χ2n) is 10.3. The monoisotopic (exact) mass is 579 g/mol. The first kappa shape index (κ1) is 30.2. The van der Waals surface area contributed by atoms with Gasteiger partial charge in [-0.2, -0.15) is 0 Å². The summed E-state index contributed by atoms with van der Waals surface area (Å²) in [6, 6.07) is 17.1. The Balaban J connectivity index is 1.54. The van der Waals surface area contributed by atoms with Gasteiger partial charge in [0.25, 0.3) is 0 Å². The predicted octanol–water partition coefficient (Wildman–Crippen LogP) is 6.52. The summed E-state index contributed by atoms with van der Waals surface area (Å²) >= 11 is 1.69. The molecule has 0 bridgehead atoms. The van der Waals surface area contributed by atoms with E-state index in [0.717, 1.165) is 42.5 Å². The van der Waals surface area contributed by atoms with E-state index >= 15 is 0 Å². The number of thiophene rings is 1. The van der Waals surface area contributed by atoms with Crippen LogP contribution in [-0.4, -0.2) is 62.2 Å². The molecule has 4 rings (SSSR count). The molecule has 41 heavy (non-hydrogen) atoms. The number of para-hydroxylation sites is 2. The Morgan fingerprint density at radius 3 is 2.32 bits per heavy atom. The summed E-state index contributed by atoms with van der Waals surface area (Å²) in [4.78, 5) is 33.6. The maximum Gasteiger partial charge on any atom is 0.322 e. The van der Waals surface area contributed by atoms with E-state index in [9.17, 15) is 9.59 Å². The molecule has 1 fully saturated rings. The topological polar surface area (TPSA) is 80.3 Å². The summed E-state index contributed by atoms with van der Waals surface area (Å²) in [5.74, 6) is 1.84. The number of nitrogens with zero attached hydrogens (tertiary/aromatic N) is 2. The number of nitrogens with one attached hydrogen (secondary N) is 1. The molecule has 1 aliphatic carbocycles. The third-order valence-corrected chi connectivity index (χ3v) is 8.53. The van der Waals surface area contributed by atoms with Crippen molar-refractivity contribution >= 4 is 29.0 Å². The molecule has 0 aliphatic heterocycles. The number of urea groups is 1. The smallest absolute Gasteiger partial charge is 0.322 e. The fraction of sp³-hybridized carbons (Fsp3) is 0.438. The molecule has 1 N–H and O–H groups in total. The minimum atomic E-state index is -0.276. The fourth-order valence-electron chi connectivity index (χ4n) is 5.29. The maximum absolute atomic E-state index is 14.0. The van der Waals surface area contributed by atoms with Gasteiger partial charge in [-0.05, 0) is 68.1 Å². The molecular weight excluding hydrogens is 538 g/mol. The highest BCUT2D eigenvalue weighted by Crippen LogP contribution is 2.29. The van der Waals surface area contributed by atoms with Gasteiger partial charge in [-0.3, -0.25) is 4.79 Å². The largest absolute Gasteiger partial charge is 0.495 e. The number of aryl methyl sites for hydroxylation is 1. The molecule has 3 aromatic rings. The fourth-order valence-corrected chi connectivity index (χ4v) is 6.20. The zero-order chi connectivity index (χ0) is 29.2. The van der Waals surface area contributed by atoms with Crippen LogP contribution in [0.15, 0.2) is 54.6 Å². The van der Waals surface area contributed by atoms with Crippen molar-refractivity contribution in [3.63, 3.8) is 0 Å². The second kappa shape index (κ2) is 14.8. The molecule has 1 saturated carbocycles. The molecule has 0 atom stereocenters. The number of hydrogen-bond donors (Lipinski definition) is 1. The van der Waals surface area contributed by atoms with Crippen LogP contribution in [0.25, 0.3) is 0 Å². The molecule has 8 nitrogen and oxygen atoms in total. The summed E-state index contributed by atoms with van der Waals surface area (Å²) in [6.07, 6.45) is 5.68. The van der Waals surface area contributed by atoms with Crippen molar-refractivity contribution in [2.24, 2.45) is 0 Å². The van der Waals surface area contributed by atoms with E-state index in [1.165, 1.54) is 4.88 Å². The van der Waals surface area contributed by atoms with Crippen molar-refractivity contribution in [2.45, 2.75) is 58.0 Å². The van der Waals surface area contributed by atoms with Gasteiger partial charge in [-0.15, -0.1) is 11.3 Å². The van der Waals surface area contributed by atoms with Crippen molar-refractivity contribution in [2.75, 3.05) is 39.7 Å². The third kappa shape index (κ3) is 8.16. The first-order valence-corrected chi connectivity index (χ1v) is 15.0. The summed E-state index contributed by atoms with van der Waals surface area (Å²) in [7, 11) is 4.81. The van der Waals surface area contributed by atoms with Gasteiger partial charge in [-0.1, -0.05) is 37.5 Å². The maximum atomic E-state index is 14.0. The van der Waals surface area contributed by atoms with Crippen LogP contribution in [0.4, 0.5) is 10.5 Å². The minimum Gasteiger partial charge on any atom is -0.495 e. The molecular formula is C32H41N3O5S. The second-order valence-corrected chi connectivity index (χ2v) is 11.7. The molecule has 0 saturated heterocycles. The zero-order valence-corrected chi connectivity index (χ0v) is 25.3. The van der Waals surface area contributed by atoms with E-state index < -0.39 is 0 Å². The van der Waals surface area contributed by atoms with E-state index in [-0.39, 0.29) is 24.5 Å². The van der Waals surface area contributed by atoms with Crippen LogP contribution < -0.4 is 19.5 Å². The Morgan fingerprint density at radius 2 is 1.63 bits per heavy atom. The van der Waals surface area contributed by atoms with Crippen LogP contribution in [0, 0.1) is 6.92 Å². The number of rotatable bonds is 12. The van der Waals surface area contributed by atoms with Gasteiger partial charge in [0.1, 0.15) is 12.3 Å². The standard InChI is InChI=1S/C32H41N3O5S/c1-23-14-16-26(41-23)21-34(19-18-24-15-17-29(39-3)30(20-24)40-4)31(36)22-35(25-10-6-5-7-11-25)32(37)33-27-12-8-9-13-28(27)38-2/h8-9,12-17,20,25H,5-7,10-11,18-19,21-22H2,1-4H3,(H,33,37). The lowest BCUT2D eigenvalue weighted by Gasteiger charge is -2.35. The highest BCUT2D eigenvalue weighted by atomic mass is 32.1. The Labute approximate surface area is 247 Å². The number of hydrogen-bond acceptors (Lipinski definition) is 6. The predicted molar refractivity (Wildman–Crippen MR) is 163 cm³/mol. The molecule has 0 spiro atoms. The van der Waals surface area contributed by atoms with Crippen LogP contribution in [-0.2, 0) is 17.8 Å². The minimum absolute atomic E-state index is 0.0130. The van der Waals surface area contributed by atoms with E-state index in [2.05, 4.69) is 24.4 Å². The Hall–Kier alpha value is -3.72. The quantitative estimate of drug-likeness (QED) is 0.264. The lowest BCUT2D eigenvalue weighted by Crippen LogP contribution is -2.49. The normalized spacial score (nSPS) is 13.4. The first-order valence-electron chi connectivity index (χ1n) is 14.2. The molecule has 3 amide bonds. The average molecular weight is 580 g/mol. The Morgan fingerprint density at radius 1 is 0.902 bits per heavy atom. The first-order chi connectivity index (χ1) is 19.9. The summed E-state index contributed by atoms with van der Waals surface area (Å²) in [5.41, 5.74) is 1.63. The highest BCUT2D eigenvalue weighted by molar-refractivity contribution is 7.11. The van der Waals surface area contributed by atoms with Gasteiger partial charge in [-0.25, -0.2) is 4.79 Å². The van der Waals surface area contributed by atoms with Crippen LogP contribution in [0.1, 0.15) is 47.4 Å².